The first-order valence-corrected chi connectivity index (χ1v) is 18.6. The molecule has 4 fully saturated rings. The minimum Gasteiger partial charge on any atom is -0.455 e. The molecule has 4 heterocycles. The van der Waals surface area contributed by atoms with Crippen molar-refractivity contribution in [1.29, 1.82) is 0 Å². The number of nitrogens with one attached hydrogen (secondary N) is 1. The maximum atomic E-state index is 14.7. The number of carbonyl (C=O) groups excluding carboxylic acids is 4. The van der Waals surface area contributed by atoms with Crippen molar-refractivity contribution in [2.75, 3.05) is 66.3 Å². The maximum absolute atomic E-state index is 14.7. The van der Waals surface area contributed by atoms with Gasteiger partial charge < -0.3 is 39.2 Å². The molecule has 280 valence electrons. The van der Waals surface area contributed by atoms with Gasteiger partial charge in [0, 0.05) is 51.1 Å². The van der Waals surface area contributed by atoms with E-state index in [0.717, 1.165) is 13.1 Å². The van der Waals surface area contributed by atoms with Crippen molar-refractivity contribution >= 4 is 39.6 Å². The van der Waals surface area contributed by atoms with E-state index in [1.807, 2.05) is 18.2 Å². The summed E-state index contributed by atoms with van der Waals surface area (Å²) in [6.45, 7) is 12.9. The number of ether oxygens (including phenoxy) is 4. The Morgan fingerprint density at radius 3 is 2.57 bits per heavy atom. The van der Waals surface area contributed by atoms with Gasteiger partial charge in [-0.2, -0.15) is 0 Å². The maximum Gasteiger partial charge on any atom is 0.313 e. The van der Waals surface area contributed by atoms with Gasteiger partial charge in [0.1, 0.15) is 17.7 Å². The summed E-state index contributed by atoms with van der Waals surface area (Å²) >= 11 is 3.72. The van der Waals surface area contributed by atoms with Crippen LogP contribution < -0.4 is 5.32 Å². The smallest absolute Gasteiger partial charge is 0.313 e. The summed E-state index contributed by atoms with van der Waals surface area (Å²) in [5.41, 5.74) is -0.709. The molecule has 2 N–H and O–H groups in total. The second kappa shape index (κ2) is 17.6. The van der Waals surface area contributed by atoms with E-state index in [1.165, 1.54) is 12.0 Å². The normalized spacial score (nSPS) is 28.8. The zero-order valence-corrected chi connectivity index (χ0v) is 31.1. The number of aliphatic hydroxyl groups is 1. The van der Waals surface area contributed by atoms with Crippen molar-refractivity contribution < 1.29 is 43.2 Å². The molecule has 1 aromatic carbocycles. The molecule has 14 heteroatoms. The topological polar surface area (TPSA) is 147 Å². The summed E-state index contributed by atoms with van der Waals surface area (Å²) in [5, 5.41) is 13.3. The number of methoxy groups -OCH3 is 1. The summed E-state index contributed by atoms with van der Waals surface area (Å²) in [7, 11) is 1.50. The molecule has 0 aliphatic carbocycles. The predicted molar refractivity (Wildman–Crippen MR) is 192 cm³/mol. The van der Waals surface area contributed by atoms with E-state index >= 15 is 0 Å². The largest absolute Gasteiger partial charge is 0.455 e. The molecule has 0 radical (unpaired) electrons. The minimum atomic E-state index is -1.34. The van der Waals surface area contributed by atoms with Crippen LogP contribution in [-0.2, 0) is 38.1 Å². The molecule has 1 spiro atoms. The Morgan fingerprint density at radius 2 is 1.92 bits per heavy atom. The van der Waals surface area contributed by atoms with Gasteiger partial charge in [-0.3, -0.25) is 24.1 Å². The van der Waals surface area contributed by atoms with E-state index in [1.54, 1.807) is 36.1 Å². The molecule has 2 bridgehead atoms. The van der Waals surface area contributed by atoms with Gasteiger partial charge >= 0.3 is 5.97 Å². The van der Waals surface area contributed by atoms with E-state index < -0.39 is 59.6 Å². The number of esters is 1. The van der Waals surface area contributed by atoms with Gasteiger partial charge in [-0.15, -0.1) is 13.2 Å². The number of carbonyl (C=O) groups is 4. The number of halogens is 1. The second-order valence-corrected chi connectivity index (χ2v) is 14.9. The van der Waals surface area contributed by atoms with Crippen molar-refractivity contribution in [2.24, 2.45) is 11.8 Å². The second-order valence-electron chi connectivity index (χ2n) is 13.7. The number of likely N-dealkylation sites (tertiary alicyclic amines) is 1. The zero-order chi connectivity index (χ0) is 36.7. The lowest BCUT2D eigenvalue weighted by atomic mass is 9.70. The van der Waals surface area contributed by atoms with Crippen LogP contribution in [0.4, 0.5) is 0 Å². The third-order valence-electron chi connectivity index (χ3n) is 10.4. The Hall–Kier alpha value is -3.14. The van der Waals surface area contributed by atoms with E-state index in [0.29, 0.717) is 44.7 Å². The number of aliphatic hydroxyl groups excluding tert-OH is 1. The number of hydrogen-bond acceptors (Lipinski definition) is 10. The third kappa shape index (κ3) is 8.11. The van der Waals surface area contributed by atoms with E-state index in [-0.39, 0.29) is 42.8 Å². The van der Waals surface area contributed by atoms with Gasteiger partial charge in [-0.05, 0) is 25.3 Å². The van der Waals surface area contributed by atoms with Crippen LogP contribution in [-0.4, -0.2) is 144 Å². The zero-order valence-electron chi connectivity index (χ0n) is 29.5. The van der Waals surface area contributed by atoms with E-state index in [9.17, 15) is 24.3 Å². The number of nitrogens with zero attached hydrogens (tertiary/aromatic N) is 3. The summed E-state index contributed by atoms with van der Waals surface area (Å²) < 4.78 is 23.9. The first-order chi connectivity index (χ1) is 24.6. The highest BCUT2D eigenvalue weighted by Crippen LogP contribution is 2.61. The summed E-state index contributed by atoms with van der Waals surface area (Å²) in [6, 6.07) is 6.50. The molecule has 1 aromatic rings. The fourth-order valence-corrected chi connectivity index (χ4v) is 8.95. The molecular weight excluding hydrogens is 724 g/mol. The molecule has 0 aromatic heterocycles. The van der Waals surface area contributed by atoms with Gasteiger partial charge in [-0.25, -0.2) is 0 Å². The molecule has 0 saturated carbocycles. The Morgan fingerprint density at radius 1 is 1.20 bits per heavy atom. The molecule has 9 atom stereocenters. The summed E-state index contributed by atoms with van der Waals surface area (Å²) in [5.74, 6) is -3.79. The van der Waals surface area contributed by atoms with Crippen molar-refractivity contribution in [3.05, 3.63) is 61.2 Å². The monoisotopic (exact) mass is 774 g/mol. The lowest BCUT2D eigenvalue weighted by molar-refractivity contribution is -0.163. The SMILES string of the molecule is C=CCCC(=O)N[C@@H](COC)[C@@H](OC(=O)[C@@H]1[C@H]2O[C@@]3(CC2Br)[C@H](C(=O)N(CC=C)CCN2CCOCC2)N([C@H](C)CO)C(=O)[C@@H]13)c1ccccc1. The lowest BCUT2D eigenvalue weighted by Crippen LogP contribution is -2.59. The quantitative estimate of drug-likeness (QED) is 0.129. The van der Waals surface area contributed by atoms with E-state index in [2.05, 4.69) is 39.3 Å². The van der Waals surface area contributed by atoms with E-state index in [4.69, 9.17) is 18.9 Å². The first-order valence-electron chi connectivity index (χ1n) is 17.7. The van der Waals surface area contributed by atoms with Crippen LogP contribution in [0.2, 0.25) is 0 Å². The number of alkyl halides is 1. The Balaban J connectivity index is 1.46. The molecule has 4 saturated heterocycles. The summed E-state index contributed by atoms with van der Waals surface area (Å²) in [6.07, 6.45) is 2.57. The summed E-state index contributed by atoms with van der Waals surface area (Å²) in [4.78, 5) is 61.6. The fraction of sp³-hybridized carbons (Fsp3) is 0.622. The lowest BCUT2D eigenvalue weighted by Gasteiger charge is -2.39. The van der Waals surface area contributed by atoms with Gasteiger partial charge in [0.05, 0.1) is 56.5 Å². The highest BCUT2D eigenvalue weighted by atomic mass is 79.9. The molecule has 13 nitrogen and oxygen atoms in total. The standard InChI is InChI=1S/C37H51BrN4O9/c1-5-7-13-28(44)39-27(23-48-4)31(25-11-9-8-10-12-25)50-36(47)29-30-34(45)42(24(3)22-43)33(37(30)21-26(38)32(29)51-37)35(46)41(14-6-2)16-15-40-17-19-49-20-18-40/h5-6,8-12,24,26-27,29-33,43H,1-2,7,13-23H2,3-4H3,(H,39,44)/t24-,26?,27+,29+,30-,31+,32+,33+,37-/m1/s1. The van der Waals surface area contributed by atoms with Crippen molar-refractivity contribution in [2.45, 2.75) is 66.9 Å². The average Bonchev–Trinajstić information content (AvgIpc) is 3.74. The van der Waals surface area contributed by atoms with Gasteiger partial charge in [0.2, 0.25) is 17.7 Å². The Bertz CT molecular complexity index is 1410. The predicted octanol–water partition coefficient (Wildman–Crippen LogP) is 1.84. The van der Waals surface area contributed by atoms with Crippen LogP contribution in [0.5, 0.6) is 0 Å². The van der Waals surface area contributed by atoms with Crippen LogP contribution in [0.25, 0.3) is 0 Å². The van der Waals surface area contributed by atoms with Crippen LogP contribution in [0.1, 0.15) is 37.9 Å². The van der Waals surface area contributed by atoms with Crippen LogP contribution in [0, 0.1) is 11.8 Å². The molecule has 3 amide bonds. The number of allylic oxidation sites excluding steroid dienone is 1. The fourth-order valence-electron chi connectivity index (χ4n) is 8.01. The highest BCUT2D eigenvalue weighted by molar-refractivity contribution is 9.09. The van der Waals surface area contributed by atoms with Gasteiger partial charge in [0.15, 0.2) is 0 Å². The number of hydrogen-bond donors (Lipinski definition) is 2. The van der Waals surface area contributed by atoms with Crippen LogP contribution in [0.3, 0.4) is 0 Å². The number of benzene rings is 1. The van der Waals surface area contributed by atoms with Gasteiger partial charge in [-0.1, -0.05) is 58.4 Å². The molecule has 4 aliphatic heterocycles. The van der Waals surface area contributed by atoms with Crippen LogP contribution in [0.15, 0.2) is 55.6 Å². The molecular formula is C37H51BrN4O9. The Kier molecular flexibility index (Phi) is 13.5. The third-order valence-corrected chi connectivity index (χ3v) is 11.3. The molecule has 4 aliphatic rings. The number of fused-ring (bicyclic) bond motifs is 1. The Labute approximate surface area is 308 Å². The van der Waals surface area contributed by atoms with Crippen LogP contribution >= 0.6 is 15.9 Å². The van der Waals surface area contributed by atoms with Crippen molar-refractivity contribution in [3.8, 4) is 0 Å². The minimum absolute atomic E-state index is 0.0482. The number of rotatable bonds is 18. The number of morpholine rings is 1. The van der Waals surface area contributed by atoms with Gasteiger partial charge in [0.25, 0.3) is 0 Å². The number of amides is 3. The average molecular weight is 776 g/mol. The highest BCUT2D eigenvalue weighted by Gasteiger charge is 2.77. The molecule has 5 rings (SSSR count). The molecule has 51 heavy (non-hydrogen) atoms. The first kappa shape index (κ1) is 39.1. The molecule has 1 unspecified atom stereocenters. The van der Waals surface area contributed by atoms with Crippen molar-refractivity contribution in [3.63, 3.8) is 0 Å². The van der Waals surface area contributed by atoms with Crippen molar-refractivity contribution in [1.82, 2.24) is 20.0 Å².